The van der Waals surface area contributed by atoms with Crippen LogP contribution in [0.4, 0.5) is 0 Å². The first-order chi connectivity index (χ1) is 7.67. The molecule has 16 heavy (non-hydrogen) atoms. The van der Waals surface area contributed by atoms with Crippen molar-refractivity contribution in [2.45, 2.75) is 13.5 Å². The first-order valence-corrected chi connectivity index (χ1v) is 5.34. The second kappa shape index (κ2) is 6.35. The quantitative estimate of drug-likeness (QED) is 0.679. The fraction of sp³-hybridized carbons (Fsp3) is 0.500. The molecule has 0 aliphatic carbocycles. The third-order valence-corrected chi connectivity index (χ3v) is 2.38. The van der Waals surface area contributed by atoms with Crippen molar-refractivity contribution in [3.8, 4) is 11.5 Å². The van der Waals surface area contributed by atoms with Gasteiger partial charge in [0.05, 0.1) is 7.11 Å². The van der Waals surface area contributed by atoms with Gasteiger partial charge in [0.2, 0.25) is 0 Å². The zero-order valence-electron chi connectivity index (χ0n) is 9.73. The van der Waals surface area contributed by atoms with Crippen LogP contribution >= 0.6 is 0 Å². The van der Waals surface area contributed by atoms with E-state index in [0.717, 1.165) is 12.1 Å². The van der Waals surface area contributed by atoms with Gasteiger partial charge in [-0.25, -0.2) is 0 Å². The van der Waals surface area contributed by atoms with Crippen LogP contribution < -0.4 is 10.1 Å². The fourth-order valence-electron chi connectivity index (χ4n) is 1.36. The molecule has 0 saturated carbocycles. The lowest BCUT2D eigenvalue weighted by molar-refractivity contribution is 0.233. The summed E-state index contributed by atoms with van der Waals surface area (Å²) in [5.41, 5.74) is 1.04. The van der Waals surface area contributed by atoms with Gasteiger partial charge in [-0.3, -0.25) is 0 Å². The van der Waals surface area contributed by atoms with Gasteiger partial charge in [-0.2, -0.15) is 0 Å². The van der Waals surface area contributed by atoms with E-state index in [-0.39, 0.29) is 18.3 Å². The molecule has 4 nitrogen and oxygen atoms in total. The molecular formula is C12H19NO3. The third kappa shape index (κ3) is 3.72. The summed E-state index contributed by atoms with van der Waals surface area (Å²) in [7, 11) is 1.53. The molecule has 1 aromatic rings. The van der Waals surface area contributed by atoms with E-state index < -0.39 is 0 Å². The molecule has 0 aliphatic heterocycles. The Bertz CT molecular complexity index is 328. The molecule has 3 N–H and O–H groups in total. The summed E-state index contributed by atoms with van der Waals surface area (Å²) in [5.74, 6) is 0.878. The summed E-state index contributed by atoms with van der Waals surface area (Å²) in [4.78, 5) is 0. The largest absolute Gasteiger partial charge is 0.504 e. The van der Waals surface area contributed by atoms with Crippen molar-refractivity contribution >= 4 is 0 Å². The maximum atomic E-state index is 9.41. The summed E-state index contributed by atoms with van der Waals surface area (Å²) < 4.78 is 5.02. The van der Waals surface area contributed by atoms with Crippen LogP contribution in [0.25, 0.3) is 0 Å². The number of aromatic hydroxyl groups is 1. The molecule has 0 heterocycles. The Kier molecular flexibility index (Phi) is 5.08. The van der Waals surface area contributed by atoms with Crippen molar-refractivity contribution in [1.82, 2.24) is 5.32 Å². The molecule has 1 aromatic carbocycles. The van der Waals surface area contributed by atoms with E-state index >= 15 is 0 Å². The van der Waals surface area contributed by atoms with Gasteiger partial charge in [-0.1, -0.05) is 13.0 Å². The highest BCUT2D eigenvalue weighted by Gasteiger charge is 2.03. The summed E-state index contributed by atoms with van der Waals surface area (Å²) in [6.07, 6.45) is 0. The first kappa shape index (κ1) is 12.8. The van der Waals surface area contributed by atoms with Crippen LogP contribution in [0.3, 0.4) is 0 Å². The molecule has 0 spiro atoms. The molecule has 0 aliphatic rings. The van der Waals surface area contributed by atoms with Crippen molar-refractivity contribution in [2.75, 3.05) is 20.3 Å². The fourth-order valence-corrected chi connectivity index (χ4v) is 1.36. The van der Waals surface area contributed by atoms with Crippen LogP contribution in [0.15, 0.2) is 18.2 Å². The van der Waals surface area contributed by atoms with Gasteiger partial charge >= 0.3 is 0 Å². The minimum absolute atomic E-state index is 0.148. The summed E-state index contributed by atoms with van der Waals surface area (Å²) in [5, 5.41) is 21.5. The van der Waals surface area contributed by atoms with Gasteiger partial charge in [0.1, 0.15) is 0 Å². The molecule has 1 atom stereocenters. The van der Waals surface area contributed by atoms with E-state index in [2.05, 4.69) is 5.32 Å². The highest BCUT2D eigenvalue weighted by Crippen LogP contribution is 2.26. The molecule has 0 radical (unpaired) electrons. The normalized spacial score (nSPS) is 12.4. The van der Waals surface area contributed by atoms with E-state index in [1.807, 2.05) is 13.0 Å². The minimum atomic E-state index is 0.148. The Balaban J connectivity index is 2.48. The smallest absolute Gasteiger partial charge is 0.160 e. The van der Waals surface area contributed by atoms with Gasteiger partial charge < -0.3 is 20.3 Å². The Morgan fingerprint density at radius 1 is 1.44 bits per heavy atom. The van der Waals surface area contributed by atoms with Crippen molar-refractivity contribution in [3.63, 3.8) is 0 Å². The lowest BCUT2D eigenvalue weighted by Gasteiger charge is -2.10. The Morgan fingerprint density at radius 3 is 2.81 bits per heavy atom. The van der Waals surface area contributed by atoms with Gasteiger partial charge in [0.15, 0.2) is 11.5 Å². The number of phenols is 1. The number of ether oxygens (including phenoxy) is 1. The number of methoxy groups -OCH3 is 1. The number of rotatable bonds is 6. The van der Waals surface area contributed by atoms with Crippen LogP contribution in [0.2, 0.25) is 0 Å². The number of nitrogens with one attached hydrogen (secondary N) is 1. The van der Waals surface area contributed by atoms with Gasteiger partial charge in [-0.05, 0) is 23.6 Å². The Labute approximate surface area is 95.9 Å². The first-order valence-electron chi connectivity index (χ1n) is 5.34. The zero-order valence-corrected chi connectivity index (χ0v) is 9.73. The topological polar surface area (TPSA) is 61.7 Å². The number of aliphatic hydroxyl groups is 1. The number of phenolic OH excluding ortho intramolecular Hbond substituents is 1. The predicted molar refractivity (Wildman–Crippen MR) is 62.6 cm³/mol. The number of hydrogen-bond donors (Lipinski definition) is 3. The molecule has 90 valence electrons. The number of aliphatic hydroxyl groups excluding tert-OH is 1. The highest BCUT2D eigenvalue weighted by atomic mass is 16.5. The second-order valence-corrected chi connectivity index (χ2v) is 3.92. The third-order valence-electron chi connectivity index (χ3n) is 2.38. The monoisotopic (exact) mass is 225 g/mol. The molecular weight excluding hydrogens is 206 g/mol. The summed E-state index contributed by atoms with van der Waals surface area (Å²) >= 11 is 0. The minimum Gasteiger partial charge on any atom is -0.504 e. The standard InChI is InChI=1S/C12H19NO3/c1-9(8-14)6-13-7-10-3-4-11(15)12(5-10)16-2/h3-5,9,13-15H,6-8H2,1-2H3. The van der Waals surface area contributed by atoms with Crippen LogP contribution in [0.1, 0.15) is 12.5 Å². The van der Waals surface area contributed by atoms with Crippen molar-refractivity contribution in [1.29, 1.82) is 0 Å². The van der Waals surface area contributed by atoms with Crippen molar-refractivity contribution in [3.05, 3.63) is 23.8 Å². The predicted octanol–water partition coefficient (Wildman–Crippen LogP) is 1.12. The van der Waals surface area contributed by atoms with Gasteiger partial charge in [-0.15, -0.1) is 0 Å². The average molecular weight is 225 g/mol. The van der Waals surface area contributed by atoms with Crippen molar-refractivity contribution in [2.24, 2.45) is 5.92 Å². The van der Waals surface area contributed by atoms with E-state index in [1.165, 1.54) is 7.11 Å². The average Bonchev–Trinajstić information content (AvgIpc) is 2.31. The lowest BCUT2D eigenvalue weighted by atomic mass is 10.1. The van der Waals surface area contributed by atoms with E-state index in [4.69, 9.17) is 9.84 Å². The maximum absolute atomic E-state index is 9.41. The molecule has 4 heteroatoms. The summed E-state index contributed by atoms with van der Waals surface area (Å²) in [6.45, 7) is 3.62. The molecule has 1 rings (SSSR count). The van der Waals surface area contributed by atoms with Crippen molar-refractivity contribution < 1.29 is 14.9 Å². The van der Waals surface area contributed by atoms with Gasteiger partial charge in [0, 0.05) is 19.7 Å². The van der Waals surface area contributed by atoms with Crippen LogP contribution in [0.5, 0.6) is 11.5 Å². The highest BCUT2D eigenvalue weighted by molar-refractivity contribution is 5.41. The molecule has 0 saturated heterocycles. The molecule has 0 bridgehead atoms. The zero-order chi connectivity index (χ0) is 12.0. The van der Waals surface area contributed by atoms with E-state index in [9.17, 15) is 5.11 Å². The Morgan fingerprint density at radius 2 is 2.19 bits per heavy atom. The van der Waals surface area contributed by atoms with Crippen LogP contribution in [-0.4, -0.2) is 30.5 Å². The molecule has 0 amide bonds. The lowest BCUT2D eigenvalue weighted by Crippen LogP contribution is -2.22. The number of benzene rings is 1. The maximum Gasteiger partial charge on any atom is 0.160 e. The second-order valence-electron chi connectivity index (χ2n) is 3.92. The molecule has 0 aromatic heterocycles. The SMILES string of the molecule is COc1cc(CNCC(C)CO)ccc1O. The molecule has 0 fully saturated rings. The molecule has 1 unspecified atom stereocenters. The van der Waals surface area contributed by atoms with E-state index in [0.29, 0.717) is 12.3 Å². The Hall–Kier alpha value is -1.26. The summed E-state index contributed by atoms with van der Waals surface area (Å²) in [6, 6.07) is 5.26. The number of hydrogen-bond acceptors (Lipinski definition) is 4. The van der Waals surface area contributed by atoms with Crippen LogP contribution in [-0.2, 0) is 6.54 Å². The van der Waals surface area contributed by atoms with Gasteiger partial charge in [0.25, 0.3) is 0 Å². The van der Waals surface area contributed by atoms with Crippen LogP contribution in [0, 0.1) is 5.92 Å². The van der Waals surface area contributed by atoms with E-state index in [1.54, 1.807) is 12.1 Å².